The molecule has 16 heavy (non-hydrogen) atoms. The Morgan fingerprint density at radius 3 is 2.69 bits per heavy atom. The monoisotopic (exact) mass is 238 g/mol. The molecule has 1 atom stereocenters. The molecule has 0 bridgehead atoms. The number of halogens is 1. The summed E-state index contributed by atoms with van der Waals surface area (Å²) in [6.07, 6.45) is 0. The van der Waals surface area contributed by atoms with Gasteiger partial charge in [0.05, 0.1) is 5.75 Å². The largest absolute Gasteiger partial charge is 0.312 e. The van der Waals surface area contributed by atoms with E-state index >= 15 is 0 Å². The lowest BCUT2D eigenvalue weighted by atomic mass is 10.4. The Labute approximate surface area is 97.1 Å². The molecule has 1 unspecified atom stereocenters. The van der Waals surface area contributed by atoms with Crippen molar-refractivity contribution in [3.8, 4) is 0 Å². The SMILES string of the molecule is CC1N=C(CSc2ccc(F)cc2)NC1=O. The molecule has 1 aromatic rings. The third-order valence-electron chi connectivity index (χ3n) is 2.19. The second-order valence-electron chi connectivity index (χ2n) is 3.48. The normalized spacial score (nSPS) is 19.5. The van der Waals surface area contributed by atoms with E-state index in [-0.39, 0.29) is 17.8 Å². The van der Waals surface area contributed by atoms with Crippen LogP contribution in [0.15, 0.2) is 34.2 Å². The van der Waals surface area contributed by atoms with Crippen LogP contribution in [0.1, 0.15) is 6.92 Å². The van der Waals surface area contributed by atoms with Gasteiger partial charge in [0.1, 0.15) is 17.7 Å². The lowest BCUT2D eigenvalue weighted by molar-refractivity contribution is -0.119. The number of aliphatic imine (C=N–C) groups is 1. The van der Waals surface area contributed by atoms with Gasteiger partial charge in [0.15, 0.2) is 0 Å². The van der Waals surface area contributed by atoms with Crippen LogP contribution in [0.25, 0.3) is 0 Å². The maximum atomic E-state index is 12.6. The maximum Gasteiger partial charge on any atom is 0.249 e. The van der Waals surface area contributed by atoms with E-state index in [2.05, 4.69) is 10.3 Å². The molecule has 1 aliphatic heterocycles. The molecular weight excluding hydrogens is 227 g/mol. The first-order valence-electron chi connectivity index (χ1n) is 4.91. The number of carbonyl (C=O) groups excluding carboxylic acids is 1. The molecule has 1 aromatic carbocycles. The van der Waals surface area contributed by atoms with Crippen LogP contribution in [0.3, 0.4) is 0 Å². The predicted molar refractivity (Wildman–Crippen MR) is 62.2 cm³/mol. The van der Waals surface area contributed by atoms with E-state index in [4.69, 9.17) is 0 Å². The fourth-order valence-electron chi connectivity index (χ4n) is 1.33. The molecule has 1 amide bonds. The zero-order chi connectivity index (χ0) is 11.5. The molecule has 2 rings (SSSR count). The molecule has 0 aliphatic carbocycles. The van der Waals surface area contributed by atoms with Crippen molar-refractivity contribution in [1.82, 2.24) is 5.32 Å². The third kappa shape index (κ3) is 2.61. The highest BCUT2D eigenvalue weighted by Gasteiger charge is 2.21. The molecule has 0 fully saturated rings. The number of amidine groups is 1. The van der Waals surface area contributed by atoms with Crippen LogP contribution in [0.5, 0.6) is 0 Å². The lowest BCUT2D eigenvalue weighted by Gasteiger charge is -2.01. The first-order valence-corrected chi connectivity index (χ1v) is 5.89. The fourth-order valence-corrected chi connectivity index (χ4v) is 2.11. The summed E-state index contributed by atoms with van der Waals surface area (Å²) in [7, 11) is 0. The number of hydrogen-bond donors (Lipinski definition) is 1. The van der Waals surface area contributed by atoms with Crippen molar-refractivity contribution < 1.29 is 9.18 Å². The Balaban J connectivity index is 1.91. The minimum absolute atomic E-state index is 0.0605. The molecular formula is C11H11FN2OS. The van der Waals surface area contributed by atoms with E-state index in [1.165, 1.54) is 23.9 Å². The van der Waals surface area contributed by atoms with Crippen LogP contribution >= 0.6 is 11.8 Å². The quantitative estimate of drug-likeness (QED) is 0.816. The summed E-state index contributed by atoms with van der Waals surface area (Å²) >= 11 is 1.52. The second-order valence-corrected chi connectivity index (χ2v) is 4.53. The summed E-state index contributed by atoms with van der Waals surface area (Å²) in [5, 5.41) is 2.70. The summed E-state index contributed by atoms with van der Waals surface area (Å²) in [6.45, 7) is 1.75. The minimum Gasteiger partial charge on any atom is -0.312 e. The van der Waals surface area contributed by atoms with Crippen molar-refractivity contribution in [3.63, 3.8) is 0 Å². The van der Waals surface area contributed by atoms with E-state index in [0.717, 1.165) is 4.90 Å². The minimum atomic E-state index is -0.288. The highest BCUT2D eigenvalue weighted by Crippen LogP contribution is 2.18. The summed E-state index contributed by atoms with van der Waals surface area (Å²) in [6, 6.07) is 5.96. The van der Waals surface area contributed by atoms with Gasteiger partial charge in [-0.15, -0.1) is 11.8 Å². The second kappa shape index (κ2) is 4.65. The number of rotatable bonds is 3. The summed E-state index contributed by atoms with van der Waals surface area (Å²) < 4.78 is 12.6. The standard InChI is InChI=1S/C11H11FN2OS/c1-7-11(15)14-10(13-7)6-16-9-4-2-8(12)3-5-9/h2-5,7H,6H2,1H3,(H,13,14,15). The van der Waals surface area contributed by atoms with Crippen LogP contribution in [-0.4, -0.2) is 23.5 Å². The van der Waals surface area contributed by atoms with Crippen LogP contribution in [0.4, 0.5) is 4.39 Å². The Kier molecular flexibility index (Phi) is 3.24. The molecule has 0 radical (unpaired) electrons. The van der Waals surface area contributed by atoms with Crippen molar-refractivity contribution in [1.29, 1.82) is 0 Å². The van der Waals surface area contributed by atoms with E-state index in [9.17, 15) is 9.18 Å². The van der Waals surface area contributed by atoms with Crippen molar-refractivity contribution in [2.24, 2.45) is 4.99 Å². The lowest BCUT2D eigenvalue weighted by Crippen LogP contribution is -2.28. The smallest absolute Gasteiger partial charge is 0.249 e. The van der Waals surface area contributed by atoms with Crippen molar-refractivity contribution in [2.45, 2.75) is 17.9 Å². The average Bonchev–Trinajstić information content (AvgIpc) is 2.58. The molecule has 1 N–H and O–H groups in total. The van der Waals surface area contributed by atoms with Crippen LogP contribution in [0.2, 0.25) is 0 Å². The van der Waals surface area contributed by atoms with Gasteiger partial charge >= 0.3 is 0 Å². The van der Waals surface area contributed by atoms with E-state index in [0.29, 0.717) is 11.6 Å². The Hall–Kier alpha value is -1.36. The summed E-state index contributed by atoms with van der Waals surface area (Å²) in [5.74, 6) is 0.979. The Morgan fingerprint density at radius 2 is 2.12 bits per heavy atom. The topological polar surface area (TPSA) is 41.5 Å². The molecule has 1 aliphatic rings. The van der Waals surface area contributed by atoms with Gasteiger partial charge in [0.2, 0.25) is 5.91 Å². The first kappa shape index (κ1) is 11.1. The Bertz CT molecular complexity index is 430. The van der Waals surface area contributed by atoms with Gasteiger partial charge in [-0.05, 0) is 31.2 Å². The van der Waals surface area contributed by atoms with Crippen LogP contribution in [-0.2, 0) is 4.79 Å². The molecule has 0 saturated heterocycles. The highest BCUT2D eigenvalue weighted by atomic mass is 32.2. The van der Waals surface area contributed by atoms with E-state index < -0.39 is 0 Å². The van der Waals surface area contributed by atoms with Crippen LogP contribution < -0.4 is 5.32 Å². The number of nitrogens with one attached hydrogen (secondary N) is 1. The predicted octanol–water partition coefficient (Wildman–Crippen LogP) is 1.83. The van der Waals surface area contributed by atoms with Gasteiger partial charge in [0.25, 0.3) is 0 Å². The first-order chi connectivity index (χ1) is 7.65. The fraction of sp³-hybridized carbons (Fsp3) is 0.273. The third-order valence-corrected chi connectivity index (χ3v) is 3.21. The van der Waals surface area contributed by atoms with Crippen molar-refractivity contribution in [3.05, 3.63) is 30.1 Å². The summed E-state index contributed by atoms with van der Waals surface area (Å²) in [4.78, 5) is 16.3. The zero-order valence-electron chi connectivity index (χ0n) is 8.74. The number of thioether (sulfide) groups is 1. The average molecular weight is 238 g/mol. The molecule has 5 heteroatoms. The molecule has 0 saturated carbocycles. The van der Waals surface area contributed by atoms with Gasteiger partial charge in [0, 0.05) is 4.90 Å². The van der Waals surface area contributed by atoms with Gasteiger partial charge < -0.3 is 5.32 Å². The zero-order valence-corrected chi connectivity index (χ0v) is 9.55. The summed E-state index contributed by atoms with van der Waals surface area (Å²) in [5.41, 5.74) is 0. The van der Waals surface area contributed by atoms with Crippen molar-refractivity contribution in [2.75, 3.05) is 5.75 Å². The van der Waals surface area contributed by atoms with Gasteiger partial charge in [-0.3, -0.25) is 9.79 Å². The molecule has 84 valence electrons. The maximum absolute atomic E-state index is 12.6. The molecule has 0 spiro atoms. The van der Waals surface area contributed by atoms with Gasteiger partial charge in [-0.1, -0.05) is 0 Å². The number of hydrogen-bond acceptors (Lipinski definition) is 3. The van der Waals surface area contributed by atoms with Gasteiger partial charge in [-0.2, -0.15) is 0 Å². The molecule has 3 nitrogen and oxygen atoms in total. The van der Waals surface area contributed by atoms with Crippen LogP contribution in [0, 0.1) is 5.82 Å². The molecule has 1 heterocycles. The molecule has 0 aromatic heterocycles. The number of carbonyl (C=O) groups is 1. The Morgan fingerprint density at radius 1 is 1.44 bits per heavy atom. The van der Waals surface area contributed by atoms with E-state index in [1.807, 2.05) is 0 Å². The highest BCUT2D eigenvalue weighted by molar-refractivity contribution is 8.00. The number of nitrogens with zero attached hydrogens (tertiary/aromatic N) is 1. The van der Waals surface area contributed by atoms with Crippen molar-refractivity contribution >= 4 is 23.5 Å². The van der Waals surface area contributed by atoms with Gasteiger partial charge in [-0.25, -0.2) is 4.39 Å². The van der Waals surface area contributed by atoms with E-state index in [1.54, 1.807) is 19.1 Å². The number of benzene rings is 1. The number of amides is 1.